The minimum absolute atomic E-state index is 0.0989. The lowest BCUT2D eigenvalue weighted by atomic mass is 10.0. The Labute approximate surface area is 118 Å². The van der Waals surface area contributed by atoms with Gasteiger partial charge in [-0.3, -0.25) is 0 Å². The van der Waals surface area contributed by atoms with Gasteiger partial charge in [-0.25, -0.2) is 4.79 Å². The molecule has 0 aliphatic carbocycles. The molecule has 2 aliphatic heterocycles. The zero-order valence-electron chi connectivity index (χ0n) is 11.5. The van der Waals surface area contributed by atoms with Crippen molar-refractivity contribution in [2.75, 3.05) is 26.2 Å². The van der Waals surface area contributed by atoms with Crippen LogP contribution in [0.5, 0.6) is 0 Å². The molecule has 0 saturated carbocycles. The van der Waals surface area contributed by atoms with E-state index in [4.69, 9.17) is 9.47 Å². The number of hydrogen-bond donors (Lipinski definition) is 1. The first-order chi connectivity index (χ1) is 9.84. The van der Waals surface area contributed by atoms with Crippen molar-refractivity contribution in [2.24, 2.45) is 0 Å². The molecule has 2 saturated heterocycles. The molecule has 2 aliphatic rings. The standard InChI is InChI=1S/C15H20N2O3/c18-15(20-11-12-4-2-1-3-5-12)17-8-9-19-14-10-16-7-6-13(14)17/h1-5,13-14,16H,6-11H2/t13-,14-/m1/s1. The summed E-state index contributed by atoms with van der Waals surface area (Å²) in [6.45, 7) is 3.27. The maximum atomic E-state index is 12.3. The topological polar surface area (TPSA) is 50.8 Å². The Morgan fingerprint density at radius 2 is 2.25 bits per heavy atom. The first-order valence-corrected chi connectivity index (χ1v) is 7.14. The first kappa shape index (κ1) is 13.4. The molecule has 0 radical (unpaired) electrons. The maximum Gasteiger partial charge on any atom is 0.410 e. The fourth-order valence-electron chi connectivity index (χ4n) is 2.84. The summed E-state index contributed by atoms with van der Waals surface area (Å²) in [5.41, 5.74) is 1.01. The molecule has 1 N–H and O–H groups in total. The lowest BCUT2D eigenvalue weighted by Gasteiger charge is -2.43. The van der Waals surface area contributed by atoms with Gasteiger partial charge >= 0.3 is 6.09 Å². The van der Waals surface area contributed by atoms with E-state index in [9.17, 15) is 4.79 Å². The van der Waals surface area contributed by atoms with E-state index in [-0.39, 0.29) is 18.2 Å². The Kier molecular flexibility index (Phi) is 4.18. The summed E-state index contributed by atoms with van der Waals surface area (Å²) >= 11 is 0. The first-order valence-electron chi connectivity index (χ1n) is 7.14. The maximum absolute atomic E-state index is 12.3. The van der Waals surface area contributed by atoms with Gasteiger partial charge in [-0.2, -0.15) is 0 Å². The van der Waals surface area contributed by atoms with Gasteiger partial charge < -0.3 is 19.7 Å². The number of nitrogens with one attached hydrogen (secondary N) is 1. The minimum Gasteiger partial charge on any atom is -0.445 e. The number of fused-ring (bicyclic) bond motifs is 1. The Morgan fingerprint density at radius 3 is 3.10 bits per heavy atom. The molecule has 3 rings (SSSR count). The summed E-state index contributed by atoms with van der Waals surface area (Å²) in [5.74, 6) is 0. The van der Waals surface area contributed by atoms with Gasteiger partial charge in [0.2, 0.25) is 0 Å². The van der Waals surface area contributed by atoms with E-state index < -0.39 is 0 Å². The van der Waals surface area contributed by atoms with Gasteiger partial charge in [-0.1, -0.05) is 30.3 Å². The van der Waals surface area contributed by atoms with Gasteiger partial charge in [-0.05, 0) is 18.5 Å². The van der Waals surface area contributed by atoms with E-state index in [2.05, 4.69) is 5.32 Å². The van der Waals surface area contributed by atoms with Gasteiger partial charge in [0.05, 0.1) is 18.8 Å². The monoisotopic (exact) mass is 276 g/mol. The van der Waals surface area contributed by atoms with Crippen molar-refractivity contribution in [3.05, 3.63) is 35.9 Å². The van der Waals surface area contributed by atoms with Crippen LogP contribution in [0.3, 0.4) is 0 Å². The summed E-state index contributed by atoms with van der Waals surface area (Å²) in [6, 6.07) is 9.90. The molecule has 108 valence electrons. The fourth-order valence-corrected chi connectivity index (χ4v) is 2.84. The molecule has 5 heteroatoms. The van der Waals surface area contributed by atoms with Crippen LogP contribution in [0.25, 0.3) is 0 Å². The predicted octanol–water partition coefficient (Wildman–Crippen LogP) is 1.39. The molecular formula is C15H20N2O3. The second-order valence-electron chi connectivity index (χ2n) is 5.20. The number of carbonyl (C=O) groups is 1. The normalized spacial score (nSPS) is 25.9. The molecule has 0 spiro atoms. The third-order valence-electron chi connectivity index (χ3n) is 3.90. The van der Waals surface area contributed by atoms with Crippen molar-refractivity contribution in [3.8, 4) is 0 Å². The highest BCUT2D eigenvalue weighted by Crippen LogP contribution is 2.20. The molecule has 1 aromatic carbocycles. The van der Waals surface area contributed by atoms with Crippen LogP contribution in [0.2, 0.25) is 0 Å². The predicted molar refractivity (Wildman–Crippen MR) is 74.3 cm³/mol. The zero-order valence-corrected chi connectivity index (χ0v) is 11.5. The minimum atomic E-state index is -0.228. The van der Waals surface area contributed by atoms with Gasteiger partial charge in [0, 0.05) is 13.1 Å². The Balaban J connectivity index is 1.58. The molecule has 2 fully saturated rings. The highest BCUT2D eigenvalue weighted by Gasteiger charge is 2.37. The van der Waals surface area contributed by atoms with Gasteiger partial charge in [-0.15, -0.1) is 0 Å². The van der Waals surface area contributed by atoms with Crippen LogP contribution in [0.15, 0.2) is 30.3 Å². The molecule has 5 nitrogen and oxygen atoms in total. The lowest BCUT2D eigenvalue weighted by molar-refractivity contribution is -0.0755. The van der Waals surface area contributed by atoms with Crippen molar-refractivity contribution in [3.63, 3.8) is 0 Å². The Bertz CT molecular complexity index is 450. The molecule has 2 atom stereocenters. The van der Waals surface area contributed by atoms with Crippen molar-refractivity contribution < 1.29 is 14.3 Å². The van der Waals surface area contributed by atoms with Crippen molar-refractivity contribution in [1.29, 1.82) is 0 Å². The molecular weight excluding hydrogens is 256 g/mol. The second-order valence-corrected chi connectivity index (χ2v) is 5.20. The fraction of sp³-hybridized carbons (Fsp3) is 0.533. The number of amides is 1. The quantitative estimate of drug-likeness (QED) is 0.887. The summed E-state index contributed by atoms with van der Waals surface area (Å²) in [6.07, 6.45) is 0.793. The average molecular weight is 276 g/mol. The molecule has 1 aromatic rings. The Hall–Kier alpha value is -1.59. The van der Waals surface area contributed by atoms with E-state index in [0.29, 0.717) is 19.8 Å². The second kappa shape index (κ2) is 6.24. The largest absolute Gasteiger partial charge is 0.445 e. The zero-order chi connectivity index (χ0) is 13.8. The lowest BCUT2D eigenvalue weighted by Crippen LogP contribution is -2.59. The third-order valence-corrected chi connectivity index (χ3v) is 3.90. The average Bonchev–Trinajstić information content (AvgIpc) is 2.53. The number of carbonyl (C=O) groups excluding carboxylic acids is 1. The Morgan fingerprint density at radius 1 is 1.40 bits per heavy atom. The summed E-state index contributed by atoms with van der Waals surface area (Å²) in [4.78, 5) is 14.1. The van der Waals surface area contributed by atoms with E-state index in [1.54, 1.807) is 0 Å². The van der Waals surface area contributed by atoms with Gasteiger partial charge in [0.15, 0.2) is 0 Å². The van der Waals surface area contributed by atoms with Crippen LogP contribution < -0.4 is 5.32 Å². The molecule has 0 unspecified atom stereocenters. The van der Waals surface area contributed by atoms with Crippen LogP contribution in [-0.2, 0) is 16.1 Å². The molecule has 1 amide bonds. The van der Waals surface area contributed by atoms with E-state index in [0.717, 1.165) is 25.1 Å². The SMILES string of the molecule is O=C(OCc1ccccc1)N1CCO[C@@H]2CNCC[C@H]21. The number of hydrogen-bond acceptors (Lipinski definition) is 4. The molecule has 2 heterocycles. The molecule has 0 aromatic heterocycles. The summed E-state index contributed by atoms with van der Waals surface area (Å²) in [5, 5.41) is 3.30. The molecule has 20 heavy (non-hydrogen) atoms. The number of ether oxygens (including phenoxy) is 2. The van der Waals surface area contributed by atoms with E-state index in [1.165, 1.54) is 0 Å². The van der Waals surface area contributed by atoms with Crippen molar-refractivity contribution >= 4 is 6.09 Å². The third kappa shape index (κ3) is 2.94. The van der Waals surface area contributed by atoms with Crippen molar-refractivity contribution in [2.45, 2.75) is 25.2 Å². The number of piperidine rings is 1. The summed E-state index contributed by atoms with van der Waals surface area (Å²) in [7, 11) is 0. The smallest absolute Gasteiger partial charge is 0.410 e. The van der Waals surface area contributed by atoms with E-state index >= 15 is 0 Å². The van der Waals surface area contributed by atoms with Crippen molar-refractivity contribution in [1.82, 2.24) is 10.2 Å². The number of nitrogens with zero attached hydrogens (tertiary/aromatic N) is 1. The highest BCUT2D eigenvalue weighted by molar-refractivity contribution is 5.68. The number of rotatable bonds is 2. The van der Waals surface area contributed by atoms with Crippen LogP contribution in [0.1, 0.15) is 12.0 Å². The number of morpholine rings is 1. The van der Waals surface area contributed by atoms with Crippen LogP contribution >= 0.6 is 0 Å². The number of benzene rings is 1. The van der Waals surface area contributed by atoms with Gasteiger partial charge in [0.25, 0.3) is 0 Å². The highest BCUT2D eigenvalue weighted by atomic mass is 16.6. The van der Waals surface area contributed by atoms with E-state index in [1.807, 2.05) is 35.2 Å². The van der Waals surface area contributed by atoms with Crippen LogP contribution in [-0.4, -0.2) is 49.4 Å². The molecule has 0 bridgehead atoms. The van der Waals surface area contributed by atoms with Crippen LogP contribution in [0.4, 0.5) is 4.79 Å². The van der Waals surface area contributed by atoms with Crippen LogP contribution in [0, 0.1) is 0 Å². The van der Waals surface area contributed by atoms with Gasteiger partial charge in [0.1, 0.15) is 6.61 Å². The summed E-state index contributed by atoms with van der Waals surface area (Å²) < 4.78 is 11.1.